The van der Waals surface area contributed by atoms with Crippen LogP contribution in [0.4, 0.5) is 17.2 Å². The van der Waals surface area contributed by atoms with Crippen molar-refractivity contribution in [2.24, 2.45) is 0 Å². The van der Waals surface area contributed by atoms with Gasteiger partial charge in [-0.05, 0) is 66.9 Å². The fourth-order valence-corrected chi connectivity index (χ4v) is 4.67. The van der Waals surface area contributed by atoms with E-state index in [-0.39, 0.29) is 17.4 Å². The number of rotatable bonds is 4. The van der Waals surface area contributed by atoms with E-state index in [0.29, 0.717) is 28.5 Å². The Morgan fingerprint density at radius 2 is 1.83 bits per heavy atom. The van der Waals surface area contributed by atoms with Gasteiger partial charge in [0.15, 0.2) is 9.84 Å². The predicted molar refractivity (Wildman–Crippen MR) is 138 cm³/mol. The number of benzene rings is 2. The SMILES string of the molecule is CC1(CO)C(=O)Nc2cc(C#Cc3nccc4cnc(Nc5ccc(S(C)(=O)=O)cc5)cc34)ccc21. The topological polar surface area (TPSA) is 121 Å². The van der Waals surface area contributed by atoms with E-state index in [1.165, 1.54) is 6.26 Å². The summed E-state index contributed by atoms with van der Waals surface area (Å²) in [5.41, 5.74) is 2.39. The van der Waals surface area contributed by atoms with E-state index in [0.717, 1.165) is 16.3 Å². The van der Waals surface area contributed by atoms with Crippen molar-refractivity contribution in [3.63, 3.8) is 0 Å². The van der Waals surface area contributed by atoms with Crippen LogP contribution >= 0.6 is 0 Å². The number of anilines is 3. The highest BCUT2D eigenvalue weighted by atomic mass is 32.2. The molecule has 3 N–H and O–H groups in total. The van der Waals surface area contributed by atoms with Crippen molar-refractivity contribution in [2.45, 2.75) is 17.2 Å². The number of hydrogen-bond acceptors (Lipinski definition) is 7. The molecule has 1 aliphatic rings. The average Bonchev–Trinajstić information content (AvgIpc) is 3.12. The number of carbonyl (C=O) groups is 1. The minimum Gasteiger partial charge on any atom is -0.395 e. The van der Waals surface area contributed by atoms with Gasteiger partial charge in [0.25, 0.3) is 0 Å². The van der Waals surface area contributed by atoms with Crippen LogP contribution in [0.3, 0.4) is 0 Å². The number of nitrogens with zero attached hydrogens (tertiary/aromatic N) is 2. The monoisotopic (exact) mass is 498 g/mol. The minimum absolute atomic E-state index is 0.237. The van der Waals surface area contributed by atoms with E-state index < -0.39 is 15.3 Å². The van der Waals surface area contributed by atoms with Crippen LogP contribution in [0.25, 0.3) is 10.8 Å². The Morgan fingerprint density at radius 1 is 1.06 bits per heavy atom. The molecule has 0 radical (unpaired) electrons. The molecule has 180 valence electrons. The van der Waals surface area contributed by atoms with Crippen molar-refractivity contribution in [3.8, 4) is 11.8 Å². The van der Waals surface area contributed by atoms with Gasteiger partial charge in [-0.15, -0.1) is 0 Å². The third-order valence-corrected chi connectivity index (χ3v) is 7.34. The lowest BCUT2D eigenvalue weighted by atomic mass is 9.84. The van der Waals surface area contributed by atoms with E-state index in [1.54, 1.807) is 49.6 Å². The number of aliphatic hydroxyl groups is 1. The highest BCUT2D eigenvalue weighted by molar-refractivity contribution is 7.90. The van der Waals surface area contributed by atoms with E-state index in [1.807, 2.05) is 24.3 Å². The molecule has 0 spiro atoms. The fourth-order valence-electron chi connectivity index (χ4n) is 4.04. The molecule has 0 aliphatic carbocycles. The number of aromatic nitrogens is 2. The molecule has 2 aromatic heterocycles. The number of hydrogen-bond donors (Lipinski definition) is 3. The van der Waals surface area contributed by atoms with Crippen LogP contribution in [0.1, 0.15) is 23.7 Å². The van der Waals surface area contributed by atoms with Gasteiger partial charge in [-0.1, -0.05) is 12.0 Å². The molecule has 3 heterocycles. The molecule has 0 bridgehead atoms. The lowest BCUT2D eigenvalue weighted by Crippen LogP contribution is -2.34. The predicted octanol–water partition coefficient (Wildman–Crippen LogP) is 3.38. The van der Waals surface area contributed by atoms with Crippen LogP contribution in [0.5, 0.6) is 0 Å². The summed E-state index contributed by atoms with van der Waals surface area (Å²) in [4.78, 5) is 21.4. The highest BCUT2D eigenvalue weighted by Gasteiger charge is 2.42. The first-order valence-electron chi connectivity index (χ1n) is 11.1. The number of fused-ring (bicyclic) bond motifs is 2. The Morgan fingerprint density at radius 3 is 2.56 bits per heavy atom. The zero-order valence-electron chi connectivity index (χ0n) is 19.5. The molecule has 0 saturated carbocycles. The molecule has 8 nitrogen and oxygen atoms in total. The largest absolute Gasteiger partial charge is 0.395 e. The zero-order chi connectivity index (χ0) is 25.5. The van der Waals surface area contributed by atoms with E-state index in [9.17, 15) is 18.3 Å². The summed E-state index contributed by atoms with van der Waals surface area (Å²) in [6.45, 7) is 1.43. The first-order valence-corrected chi connectivity index (χ1v) is 13.0. The summed E-state index contributed by atoms with van der Waals surface area (Å²) >= 11 is 0. The van der Waals surface area contributed by atoms with Gasteiger partial charge in [0.05, 0.1) is 16.9 Å². The second-order valence-electron chi connectivity index (χ2n) is 8.83. The van der Waals surface area contributed by atoms with Gasteiger partial charge in [0.2, 0.25) is 5.91 Å². The second kappa shape index (κ2) is 8.75. The van der Waals surface area contributed by atoms with Crippen LogP contribution in [0, 0.1) is 11.8 Å². The molecular formula is C27H22N4O4S. The van der Waals surface area contributed by atoms with Crippen molar-refractivity contribution in [1.82, 2.24) is 9.97 Å². The van der Waals surface area contributed by atoms with Crippen LogP contribution in [0.2, 0.25) is 0 Å². The molecule has 1 aliphatic heterocycles. The van der Waals surface area contributed by atoms with E-state index in [4.69, 9.17) is 0 Å². The fraction of sp³-hybridized carbons (Fsp3) is 0.148. The summed E-state index contributed by atoms with van der Waals surface area (Å²) in [5, 5.41) is 17.4. The van der Waals surface area contributed by atoms with E-state index in [2.05, 4.69) is 32.4 Å². The molecule has 5 rings (SSSR count). The molecule has 1 atom stereocenters. The zero-order valence-corrected chi connectivity index (χ0v) is 20.3. The maximum atomic E-state index is 12.3. The Labute approximate surface area is 208 Å². The summed E-state index contributed by atoms with van der Waals surface area (Å²) in [6.07, 6.45) is 4.55. The maximum Gasteiger partial charge on any atom is 0.237 e. The van der Waals surface area contributed by atoms with Gasteiger partial charge < -0.3 is 15.7 Å². The molecule has 1 amide bonds. The summed E-state index contributed by atoms with van der Waals surface area (Å²) in [6, 6.07) is 15.6. The van der Waals surface area contributed by atoms with Crippen LogP contribution in [-0.2, 0) is 20.0 Å². The van der Waals surface area contributed by atoms with Crippen molar-refractivity contribution in [3.05, 3.63) is 83.8 Å². The molecule has 0 saturated heterocycles. The van der Waals surface area contributed by atoms with Crippen LogP contribution < -0.4 is 10.6 Å². The van der Waals surface area contributed by atoms with Gasteiger partial charge >= 0.3 is 0 Å². The van der Waals surface area contributed by atoms with Crippen LogP contribution in [0.15, 0.2) is 71.9 Å². The first-order chi connectivity index (χ1) is 17.2. The molecule has 4 aromatic rings. The Balaban J connectivity index is 1.44. The first kappa shape index (κ1) is 23.5. The number of aliphatic hydroxyl groups excluding tert-OH is 1. The van der Waals surface area contributed by atoms with Gasteiger partial charge in [0.1, 0.15) is 11.5 Å². The van der Waals surface area contributed by atoms with Gasteiger partial charge in [-0.2, -0.15) is 0 Å². The Kier molecular flexibility index (Phi) is 5.71. The number of nitrogens with one attached hydrogen (secondary N) is 2. The lowest BCUT2D eigenvalue weighted by Gasteiger charge is -2.18. The van der Waals surface area contributed by atoms with Gasteiger partial charge in [-0.3, -0.25) is 4.79 Å². The smallest absolute Gasteiger partial charge is 0.237 e. The van der Waals surface area contributed by atoms with Crippen LogP contribution in [-0.4, -0.2) is 42.3 Å². The Hall–Kier alpha value is -4.26. The molecular weight excluding hydrogens is 476 g/mol. The van der Waals surface area contributed by atoms with Crippen molar-refractivity contribution >= 4 is 43.7 Å². The average molecular weight is 499 g/mol. The third-order valence-electron chi connectivity index (χ3n) is 6.21. The number of sulfone groups is 1. The second-order valence-corrected chi connectivity index (χ2v) is 10.8. The van der Waals surface area contributed by atoms with Gasteiger partial charge in [0, 0.05) is 46.4 Å². The molecule has 2 aromatic carbocycles. The minimum atomic E-state index is -3.27. The maximum absolute atomic E-state index is 12.3. The standard InChI is InChI=1S/C27H22N4O4S/c1-27(16-32)22-9-3-17(13-24(22)31-26(27)33)4-10-23-21-14-25(29-15-18(21)11-12-28-23)30-19-5-7-20(8-6-19)36(2,34)35/h3,5-9,11-15,32H,16H2,1-2H3,(H,29,30)(H,31,33). The molecule has 0 fully saturated rings. The molecule has 36 heavy (non-hydrogen) atoms. The molecule has 1 unspecified atom stereocenters. The molecule has 9 heteroatoms. The number of pyridine rings is 2. The number of carbonyl (C=O) groups excluding carboxylic acids is 1. The highest BCUT2D eigenvalue weighted by Crippen LogP contribution is 2.37. The Bertz CT molecular complexity index is 1690. The number of amides is 1. The normalized spacial score (nSPS) is 16.7. The third kappa shape index (κ3) is 4.28. The summed E-state index contributed by atoms with van der Waals surface area (Å²) in [5.74, 6) is 6.55. The van der Waals surface area contributed by atoms with Crippen molar-refractivity contribution < 1.29 is 18.3 Å². The quantitative estimate of drug-likeness (QED) is 0.369. The van der Waals surface area contributed by atoms with E-state index >= 15 is 0 Å². The van der Waals surface area contributed by atoms with Crippen molar-refractivity contribution in [2.75, 3.05) is 23.5 Å². The summed E-state index contributed by atoms with van der Waals surface area (Å²) < 4.78 is 23.4. The summed E-state index contributed by atoms with van der Waals surface area (Å²) in [7, 11) is -3.27. The van der Waals surface area contributed by atoms with Gasteiger partial charge in [-0.25, -0.2) is 18.4 Å². The van der Waals surface area contributed by atoms with Crippen molar-refractivity contribution in [1.29, 1.82) is 0 Å². The lowest BCUT2D eigenvalue weighted by molar-refractivity contribution is -0.121.